The Morgan fingerprint density at radius 3 is 2.24 bits per heavy atom. The predicted molar refractivity (Wildman–Crippen MR) is 101 cm³/mol. The number of nitrogens with zero attached hydrogens (tertiary/aromatic N) is 1. The van der Waals surface area contributed by atoms with Crippen LogP contribution < -0.4 is 5.32 Å². The molecule has 29 heavy (non-hydrogen) atoms. The van der Waals surface area contributed by atoms with Crippen molar-refractivity contribution in [2.24, 2.45) is 0 Å². The highest BCUT2D eigenvalue weighted by atomic mass is 19.4. The molecule has 0 aliphatic carbocycles. The van der Waals surface area contributed by atoms with Crippen LogP contribution in [-0.4, -0.2) is 47.6 Å². The molecular weight excluding hydrogens is 385 g/mol. The smallest absolute Gasteiger partial charge is 0.416 e. The summed E-state index contributed by atoms with van der Waals surface area (Å²) in [7, 11) is 0. The summed E-state index contributed by atoms with van der Waals surface area (Å²) >= 11 is 0. The zero-order chi connectivity index (χ0) is 21.0. The zero-order valence-electron chi connectivity index (χ0n) is 15.6. The maximum absolute atomic E-state index is 12.8. The van der Waals surface area contributed by atoms with Gasteiger partial charge < -0.3 is 10.4 Å². The first-order chi connectivity index (χ1) is 13.7. The number of piperidine rings is 1. The molecule has 0 unspecified atom stereocenters. The van der Waals surface area contributed by atoms with Crippen molar-refractivity contribution in [1.29, 1.82) is 0 Å². The Bertz CT molecular complexity index is 873. The van der Waals surface area contributed by atoms with Crippen molar-refractivity contribution < 1.29 is 27.9 Å². The van der Waals surface area contributed by atoms with Crippen LogP contribution in [-0.2, 0) is 11.0 Å². The van der Waals surface area contributed by atoms with Crippen LogP contribution in [0.1, 0.15) is 28.8 Å². The van der Waals surface area contributed by atoms with E-state index in [0.29, 0.717) is 42.6 Å². The topological polar surface area (TPSA) is 69.6 Å². The Morgan fingerprint density at radius 2 is 1.66 bits per heavy atom. The molecule has 0 spiro atoms. The third-order valence-electron chi connectivity index (χ3n) is 4.98. The van der Waals surface area contributed by atoms with E-state index in [9.17, 15) is 22.8 Å². The van der Waals surface area contributed by atoms with E-state index in [0.717, 1.165) is 12.1 Å². The summed E-state index contributed by atoms with van der Waals surface area (Å²) < 4.78 is 38.4. The largest absolute Gasteiger partial charge is 0.480 e. The van der Waals surface area contributed by atoms with Crippen molar-refractivity contribution in [3.05, 3.63) is 59.7 Å². The quantitative estimate of drug-likeness (QED) is 0.795. The van der Waals surface area contributed by atoms with E-state index in [4.69, 9.17) is 5.11 Å². The Kier molecular flexibility index (Phi) is 6.22. The van der Waals surface area contributed by atoms with Crippen LogP contribution in [0.5, 0.6) is 0 Å². The molecule has 1 saturated heterocycles. The van der Waals surface area contributed by atoms with Crippen LogP contribution >= 0.6 is 0 Å². The van der Waals surface area contributed by atoms with E-state index in [1.165, 1.54) is 12.1 Å². The number of alkyl halides is 3. The standard InChI is InChI=1S/C21H21F3N2O3/c22-21(23,24)15-7-5-14(6-8-15)17-3-1-2-4-18(17)20(29)25-16-9-11-26(12-10-16)13-19(27)28/h1-8,16H,9-13H2,(H,25,29)(H,27,28). The lowest BCUT2D eigenvalue weighted by Gasteiger charge is -2.31. The van der Waals surface area contributed by atoms with E-state index in [1.807, 2.05) is 4.90 Å². The summed E-state index contributed by atoms with van der Waals surface area (Å²) in [5, 5.41) is 11.8. The molecule has 2 N–H and O–H groups in total. The van der Waals surface area contributed by atoms with E-state index < -0.39 is 17.7 Å². The minimum absolute atomic E-state index is 0.0164. The lowest BCUT2D eigenvalue weighted by Crippen LogP contribution is -2.46. The lowest BCUT2D eigenvalue weighted by molar-refractivity contribution is -0.139. The number of carbonyl (C=O) groups excluding carboxylic acids is 1. The van der Waals surface area contributed by atoms with Crippen molar-refractivity contribution in [2.45, 2.75) is 25.1 Å². The van der Waals surface area contributed by atoms with Crippen molar-refractivity contribution in [3.63, 3.8) is 0 Å². The maximum atomic E-state index is 12.8. The Hall–Kier alpha value is -2.87. The van der Waals surface area contributed by atoms with Crippen LogP contribution in [0, 0.1) is 0 Å². The molecule has 1 heterocycles. The summed E-state index contributed by atoms with van der Waals surface area (Å²) in [5.74, 6) is -1.17. The van der Waals surface area contributed by atoms with E-state index in [2.05, 4.69) is 5.32 Å². The second kappa shape index (κ2) is 8.65. The minimum Gasteiger partial charge on any atom is -0.480 e. The number of benzene rings is 2. The molecule has 154 valence electrons. The van der Waals surface area contributed by atoms with E-state index in [-0.39, 0.29) is 18.5 Å². The van der Waals surface area contributed by atoms with Crippen LogP contribution in [0.2, 0.25) is 0 Å². The molecule has 0 saturated carbocycles. The highest BCUT2D eigenvalue weighted by Gasteiger charge is 2.30. The summed E-state index contributed by atoms with van der Waals surface area (Å²) in [6.45, 7) is 1.15. The van der Waals surface area contributed by atoms with Gasteiger partial charge in [0.2, 0.25) is 0 Å². The highest BCUT2D eigenvalue weighted by Crippen LogP contribution is 2.32. The second-order valence-corrected chi connectivity index (χ2v) is 7.04. The monoisotopic (exact) mass is 406 g/mol. The fourth-order valence-electron chi connectivity index (χ4n) is 3.46. The van der Waals surface area contributed by atoms with Gasteiger partial charge in [-0.2, -0.15) is 13.2 Å². The molecule has 3 rings (SSSR count). The van der Waals surface area contributed by atoms with Crippen molar-refractivity contribution in [2.75, 3.05) is 19.6 Å². The van der Waals surface area contributed by atoms with Gasteiger partial charge in [0.1, 0.15) is 0 Å². The van der Waals surface area contributed by atoms with Gasteiger partial charge in [-0.25, -0.2) is 0 Å². The molecule has 1 amide bonds. The number of carboxylic acids is 1. The molecule has 2 aromatic carbocycles. The first-order valence-electron chi connectivity index (χ1n) is 9.25. The van der Waals surface area contributed by atoms with Crippen LogP contribution in [0.25, 0.3) is 11.1 Å². The zero-order valence-corrected chi connectivity index (χ0v) is 15.6. The number of amides is 1. The average molecular weight is 406 g/mol. The van der Waals surface area contributed by atoms with Crippen LogP contribution in [0.15, 0.2) is 48.5 Å². The maximum Gasteiger partial charge on any atom is 0.416 e. The number of nitrogens with one attached hydrogen (secondary N) is 1. The van der Waals surface area contributed by atoms with Gasteiger partial charge in [0.15, 0.2) is 0 Å². The first kappa shape index (κ1) is 20.9. The summed E-state index contributed by atoms with van der Waals surface area (Å²) in [5.41, 5.74) is 0.735. The molecule has 8 heteroatoms. The number of aliphatic carboxylic acids is 1. The van der Waals surface area contributed by atoms with Gasteiger partial charge in [-0.05, 0) is 42.2 Å². The molecule has 5 nitrogen and oxygen atoms in total. The summed E-state index contributed by atoms with van der Waals surface area (Å²) in [4.78, 5) is 25.4. The highest BCUT2D eigenvalue weighted by molar-refractivity contribution is 6.01. The molecule has 1 aliphatic rings. The first-order valence-corrected chi connectivity index (χ1v) is 9.25. The summed E-state index contributed by atoms with van der Waals surface area (Å²) in [6, 6.07) is 11.4. The summed E-state index contributed by atoms with van der Waals surface area (Å²) in [6.07, 6.45) is -3.13. The van der Waals surface area contributed by atoms with E-state index >= 15 is 0 Å². The fraction of sp³-hybridized carbons (Fsp3) is 0.333. The molecular formula is C21H21F3N2O3. The Labute approximate surface area is 166 Å². The molecule has 2 aromatic rings. The van der Waals surface area contributed by atoms with Gasteiger partial charge in [-0.1, -0.05) is 30.3 Å². The number of carbonyl (C=O) groups is 2. The normalized spacial score (nSPS) is 15.8. The average Bonchev–Trinajstić information content (AvgIpc) is 2.68. The van der Waals surface area contributed by atoms with Crippen LogP contribution in [0.3, 0.4) is 0 Å². The second-order valence-electron chi connectivity index (χ2n) is 7.04. The van der Waals surface area contributed by atoms with Crippen molar-refractivity contribution >= 4 is 11.9 Å². The Balaban J connectivity index is 1.70. The third kappa shape index (κ3) is 5.35. The van der Waals surface area contributed by atoms with Gasteiger partial charge in [-0.3, -0.25) is 14.5 Å². The number of likely N-dealkylation sites (tertiary alicyclic amines) is 1. The molecule has 0 atom stereocenters. The molecule has 1 aliphatic heterocycles. The minimum atomic E-state index is -4.41. The fourth-order valence-corrected chi connectivity index (χ4v) is 3.46. The van der Waals surface area contributed by atoms with Crippen molar-refractivity contribution in [1.82, 2.24) is 10.2 Å². The van der Waals surface area contributed by atoms with Gasteiger partial charge in [0.25, 0.3) is 5.91 Å². The molecule has 0 aromatic heterocycles. The number of carboxylic acid groups (broad SMARTS) is 1. The number of hydrogen-bond donors (Lipinski definition) is 2. The number of hydrogen-bond acceptors (Lipinski definition) is 3. The van der Waals surface area contributed by atoms with Gasteiger partial charge in [0, 0.05) is 24.7 Å². The van der Waals surface area contributed by atoms with E-state index in [1.54, 1.807) is 24.3 Å². The van der Waals surface area contributed by atoms with Gasteiger partial charge in [-0.15, -0.1) is 0 Å². The SMILES string of the molecule is O=C(O)CN1CCC(NC(=O)c2ccccc2-c2ccc(C(F)(F)F)cc2)CC1. The Morgan fingerprint density at radius 1 is 1.03 bits per heavy atom. The van der Waals surface area contributed by atoms with Gasteiger partial charge in [0.05, 0.1) is 12.1 Å². The number of halogens is 3. The molecule has 0 bridgehead atoms. The van der Waals surface area contributed by atoms with Crippen LogP contribution in [0.4, 0.5) is 13.2 Å². The molecule has 0 radical (unpaired) electrons. The molecule has 1 fully saturated rings. The predicted octanol–water partition coefficient (Wildman–Crippen LogP) is 3.65. The third-order valence-corrected chi connectivity index (χ3v) is 4.98. The lowest BCUT2D eigenvalue weighted by atomic mass is 9.97. The van der Waals surface area contributed by atoms with Crippen molar-refractivity contribution in [3.8, 4) is 11.1 Å². The number of rotatable bonds is 5. The van der Waals surface area contributed by atoms with Gasteiger partial charge >= 0.3 is 12.1 Å².